The monoisotopic (exact) mass is 862 g/mol. The van der Waals surface area contributed by atoms with Crippen LogP contribution < -0.4 is 9.80 Å². The molecule has 0 amide bonds. The Morgan fingerprint density at radius 1 is 0.317 bits per heavy atom. The van der Waals surface area contributed by atoms with Crippen molar-refractivity contribution in [2.45, 2.75) is 38.5 Å². The molecule has 5 heteroatoms. The van der Waals surface area contributed by atoms with Gasteiger partial charge in [0.15, 0.2) is 0 Å². The van der Waals surface area contributed by atoms with Gasteiger partial charge in [0.1, 0.15) is 0 Å². The van der Waals surface area contributed by atoms with Gasteiger partial charge in [0, 0.05) is 95.1 Å². The maximum Gasteiger partial charge on any atom is 0.0468 e. The third-order valence-electron chi connectivity index (χ3n) is 13.8. The van der Waals surface area contributed by atoms with E-state index in [1.165, 1.54) is 106 Å². The first-order chi connectivity index (χ1) is 30.7. The van der Waals surface area contributed by atoms with Crippen LogP contribution in [0.1, 0.15) is 49.9 Å². The van der Waals surface area contributed by atoms with Crippen LogP contribution in [0.25, 0.3) is 61.2 Å². The first-order valence-corrected chi connectivity index (χ1v) is 24.2. The minimum absolute atomic E-state index is 0.197. The summed E-state index contributed by atoms with van der Waals surface area (Å²) in [5.41, 5.74) is 15.1. The summed E-state index contributed by atoms with van der Waals surface area (Å²) < 4.78 is 5.29. The molecule has 0 bridgehead atoms. The maximum absolute atomic E-state index is 2.48. The highest BCUT2D eigenvalue weighted by Crippen LogP contribution is 2.64. The van der Waals surface area contributed by atoms with Gasteiger partial charge in [-0.3, -0.25) is 0 Å². The second-order valence-electron chi connectivity index (χ2n) is 18.1. The van der Waals surface area contributed by atoms with Gasteiger partial charge in [0.2, 0.25) is 0 Å². The Morgan fingerprint density at radius 2 is 0.683 bits per heavy atom. The summed E-state index contributed by atoms with van der Waals surface area (Å²) in [5.74, 6) is 0. The van der Waals surface area contributed by atoms with Crippen LogP contribution in [0.2, 0.25) is 0 Å². The summed E-state index contributed by atoms with van der Waals surface area (Å²) in [6.07, 6.45) is 0. The highest BCUT2D eigenvalue weighted by Gasteiger charge is 2.48. The number of rotatable bonds is 6. The third-order valence-corrected chi connectivity index (χ3v) is 17.3. The normalized spacial score (nSPS) is 14.3. The van der Waals surface area contributed by atoms with Crippen LogP contribution in [-0.2, 0) is 10.8 Å². The van der Waals surface area contributed by atoms with Crippen molar-refractivity contribution in [2.75, 3.05) is 9.80 Å². The standard InChI is InChI=1S/C58H42N2S3/c1-57(2)47-33-39(59(35-15-7-5-8-16-35)37-25-29-51-45(31-37)41-19-11-13-21-49(41)61-51)23-27-43(47)55-53(57)54-56(63-55)44-28-24-40(34-48(44)58(54,3)4)60(36-17-9-6-10-18-36)38-26-30-52-46(32-38)42-20-12-14-22-50(42)62-52/h5-34H,1-4H3. The molecule has 0 spiro atoms. The molecular weight excluding hydrogens is 821 g/mol. The number of hydrogen-bond acceptors (Lipinski definition) is 5. The zero-order chi connectivity index (χ0) is 42.2. The number of nitrogens with zero attached hydrogens (tertiary/aromatic N) is 2. The van der Waals surface area contributed by atoms with Crippen LogP contribution >= 0.6 is 34.0 Å². The van der Waals surface area contributed by atoms with E-state index >= 15 is 0 Å². The molecule has 13 rings (SSSR count). The Balaban J connectivity index is 0.912. The number of para-hydroxylation sites is 2. The molecule has 2 aliphatic rings. The molecule has 0 aliphatic heterocycles. The molecule has 0 saturated heterocycles. The molecule has 2 aliphatic carbocycles. The highest BCUT2D eigenvalue weighted by molar-refractivity contribution is 7.26. The molecule has 8 aromatic carbocycles. The van der Waals surface area contributed by atoms with Crippen molar-refractivity contribution in [2.24, 2.45) is 0 Å². The van der Waals surface area contributed by atoms with Gasteiger partial charge in [-0.05, 0) is 130 Å². The van der Waals surface area contributed by atoms with Crippen molar-refractivity contribution in [3.8, 4) is 20.9 Å². The summed E-state index contributed by atoms with van der Waals surface area (Å²) >= 11 is 5.74. The number of benzene rings is 8. The molecule has 0 unspecified atom stereocenters. The summed E-state index contributed by atoms with van der Waals surface area (Å²) in [7, 11) is 0. The van der Waals surface area contributed by atoms with Gasteiger partial charge in [-0.25, -0.2) is 0 Å². The fourth-order valence-electron chi connectivity index (χ4n) is 10.8. The predicted octanol–water partition coefficient (Wildman–Crippen LogP) is 18.0. The zero-order valence-corrected chi connectivity index (χ0v) is 37.9. The average Bonchev–Trinajstić information content (AvgIpc) is 4.09. The van der Waals surface area contributed by atoms with Gasteiger partial charge >= 0.3 is 0 Å². The fourth-order valence-corrected chi connectivity index (χ4v) is 14.7. The first-order valence-electron chi connectivity index (χ1n) is 21.7. The average molecular weight is 863 g/mol. The second kappa shape index (κ2) is 13.5. The molecule has 0 saturated carbocycles. The van der Waals surface area contributed by atoms with Crippen molar-refractivity contribution < 1.29 is 0 Å². The molecule has 0 fully saturated rings. The third kappa shape index (κ3) is 5.40. The maximum atomic E-state index is 2.48. The summed E-state index contributed by atoms with van der Waals surface area (Å²) in [6.45, 7) is 9.82. The lowest BCUT2D eigenvalue weighted by Gasteiger charge is -2.31. The molecular formula is C58H42N2S3. The lowest BCUT2D eigenvalue weighted by atomic mass is 9.74. The SMILES string of the molecule is CC1(C)c2cc(N(c3ccccc3)c3ccc4sc5ccccc5c4c3)ccc2-c2sc3c(c21)C(C)(C)c1cc(N(c2ccccc2)c2ccc4sc5ccccc5c4c2)ccc1-3. The van der Waals surface area contributed by atoms with Crippen LogP contribution in [0.4, 0.5) is 34.1 Å². The van der Waals surface area contributed by atoms with E-state index in [1.54, 1.807) is 0 Å². The van der Waals surface area contributed by atoms with E-state index in [2.05, 4.69) is 219 Å². The number of hydrogen-bond donors (Lipinski definition) is 0. The van der Waals surface area contributed by atoms with Crippen LogP contribution in [-0.4, -0.2) is 0 Å². The van der Waals surface area contributed by atoms with Gasteiger partial charge in [-0.2, -0.15) is 0 Å². The number of thiophene rings is 3. The molecule has 302 valence electrons. The minimum Gasteiger partial charge on any atom is -0.310 e. The van der Waals surface area contributed by atoms with Gasteiger partial charge in [0.25, 0.3) is 0 Å². The van der Waals surface area contributed by atoms with Crippen molar-refractivity contribution in [3.63, 3.8) is 0 Å². The largest absolute Gasteiger partial charge is 0.310 e. The van der Waals surface area contributed by atoms with Crippen LogP contribution in [0, 0.1) is 0 Å². The molecule has 2 nitrogen and oxygen atoms in total. The van der Waals surface area contributed by atoms with Crippen molar-refractivity contribution >= 4 is 108 Å². The Bertz CT molecular complexity index is 3400. The van der Waals surface area contributed by atoms with E-state index in [0.29, 0.717) is 0 Å². The van der Waals surface area contributed by atoms with Gasteiger partial charge in [-0.1, -0.05) is 113 Å². The van der Waals surface area contributed by atoms with Crippen molar-refractivity contribution in [3.05, 3.63) is 204 Å². The lowest BCUT2D eigenvalue weighted by Crippen LogP contribution is -2.23. The molecule has 3 heterocycles. The van der Waals surface area contributed by atoms with Crippen LogP contribution in [0.5, 0.6) is 0 Å². The van der Waals surface area contributed by atoms with E-state index in [9.17, 15) is 0 Å². The highest BCUT2D eigenvalue weighted by atomic mass is 32.1. The van der Waals surface area contributed by atoms with E-state index < -0.39 is 0 Å². The topological polar surface area (TPSA) is 6.48 Å². The number of fused-ring (bicyclic) bond motifs is 13. The quantitative estimate of drug-likeness (QED) is 0.164. The molecule has 0 N–H and O–H groups in total. The fraction of sp³-hybridized carbons (Fsp3) is 0.103. The molecule has 0 radical (unpaired) electrons. The van der Waals surface area contributed by atoms with E-state index in [0.717, 1.165) is 11.4 Å². The Labute approximate surface area is 379 Å². The van der Waals surface area contributed by atoms with Crippen LogP contribution in [0.3, 0.4) is 0 Å². The summed E-state index contributed by atoms with van der Waals surface area (Å²) in [4.78, 5) is 7.73. The molecule has 63 heavy (non-hydrogen) atoms. The molecule has 0 atom stereocenters. The van der Waals surface area contributed by atoms with Gasteiger partial charge in [0.05, 0.1) is 0 Å². The second-order valence-corrected chi connectivity index (χ2v) is 21.3. The minimum atomic E-state index is -0.197. The van der Waals surface area contributed by atoms with E-state index in [4.69, 9.17) is 0 Å². The lowest BCUT2D eigenvalue weighted by molar-refractivity contribution is 0.603. The Kier molecular flexibility index (Phi) is 7.95. The first kappa shape index (κ1) is 37.1. The Morgan fingerprint density at radius 3 is 1.13 bits per heavy atom. The van der Waals surface area contributed by atoms with Crippen LogP contribution in [0.15, 0.2) is 182 Å². The van der Waals surface area contributed by atoms with E-state index in [1.807, 2.05) is 34.0 Å². The van der Waals surface area contributed by atoms with Crippen molar-refractivity contribution in [1.29, 1.82) is 0 Å². The molecule has 3 aromatic heterocycles. The van der Waals surface area contributed by atoms with E-state index in [-0.39, 0.29) is 10.8 Å². The smallest absolute Gasteiger partial charge is 0.0468 e. The van der Waals surface area contributed by atoms with Crippen molar-refractivity contribution in [1.82, 2.24) is 0 Å². The molecule has 11 aromatic rings. The predicted molar refractivity (Wildman–Crippen MR) is 275 cm³/mol. The Hall–Kier alpha value is -6.50. The summed E-state index contributed by atoms with van der Waals surface area (Å²) in [5, 5.41) is 5.25. The number of anilines is 6. The zero-order valence-electron chi connectivity index (χ0n) is 35.4. The van der Waals surface area contributed by atoms with Gasteiger partial charge < -0.3 is 9.80 Å². The summed E-state index contributed by atoms with van der Waals surface area (Å²) in [6, 6.07) is 67.7. The van der Waals surface area contributed by atoms with Gasteiger partial charge in [-0.15, -0.1) is 34.0 Å².